The number of para-hydroxylation sites is 3. The molecule has 0 N–H and O–H groups in total. The molecular formula is C39H30BrN3O. The molecular weight excluding hydrogens is 606 g/mol. The molecule has 3 aromatic heterocycles. The van der Waals surface area contributed by atoms with E-state index in [4.69, 9.17) is 9.72 Å². The molecule has 0 bridgehead atoms. The van der Waals surface area contributed by atoms with Crippen LogP contribution in [-0.2, 0) is 5.41 Å². The maximum absolute atomic E-state index is 6.85. The van der Waals surface area contributed by atoms with Crippen LogP contribution in [0.4, 0.5) is 0 Å². The van der Waals surface area contributed by atoms with Crippen molar-refractivity contribution in [3.63, 3.8) is 0 Å². The van der Waals surface area contributed by atoms with Gasteiger partial charge >= 0.3 is 0 Å². The molecule has 5 heteroatoms. The van der Waals surface area contributed by atoms with Crippen LogP contribution in [0.25, 0.3) is 55.1 Å². The third-order valence-electron chi connectivity index (χ3n) is 8.43. The van der Waals surface area contributed by atoms with E-state index in [1.807, 2.05) is 12.3 Å². The molecule has 214 valence electrons. The number of rotatable bonds is 4. The van der Waals surface area contributed by atoms with Gasteiger partial charge in [-0.3, -0.25) is 4.57 Å². The zero-order valence-corrected chi connectivity index (χ0v) is 26.3. The number of ether oxygens (including phenoxy) is 1. The minimum Gasteiger partial charge on any atom is -0.455 e. The fourth-order valence-corrected chi connectivity index (χ4v) is 6.78. The first-order valence-corrected chi connectivity index (χ1v) is 15.6. The number of hydrogen-bond acceptors (Lipinski definition) is 2. The molecule has 5 aromatic carbocycles. The molecule has 3 heterocycles. The average molecular weight is 637 g/mol. The van der Waals surface area contributed by atoms with Crippen molar-refractivity contribution in [2.24, 2.45) is 0 Å². The summed E-state index contributed by atoms with van der Waals surface area (Å²) < 4.78 is 12.4. The Morgan fingerprint density at radius 1 is 0.614 bits per heavy atom. The van der Waals surface area contributed by atoms with Crippen LogP contribution in [0.15, 0.2) is 132 Å². The molecule has 0 unspecified atom stereocenters. The van der Waals surface area contributed by atoms with E-state index < -0.39 is 0 Å². The topological polar surface area (TPSA) is 32.0 Å². The van der Waals surface area contributed by atoms with E-state index in [2.05, 4.69) is 161 Å². The molecule has 4 nitrogen and oxygen atoms in total. The highest BCUT2D eigenvalue weighted by Gasteiger charge is 2.20. The van der Waals surface area contributed by atoms with Crippen molar-refractivity contribution in [2.75, 3.05) is 0 Å². The first kappa shape index (κ1) is 26.7. The van der Waals surface area contributed by atoms with Crippen LogP contribution in [-0.4, -0.2) is 14.1 Å². The quantitative estimate of drug-likeness (QED) is 0.193. The van der Waals surface area contributed by atoms with Crippen molar-refractivity contribution >= 4 is 59.5 Å². The van der Waals surface area contributed by atoms with E-state index in [1.165, 1.54) is 16.3 Å². The summed E-state index contributed by atoms with van der Waals surface area (Å²) in [6.45, 7) is 6.70. The normalized spacial score (nSPS) is 12.1. The molecule has 44 heavy (non-hydrogen) atoms. The lowest BCUT2D eigenvalue weighted by Crippen LogP contribution is -2.12. The summed E-state index contributed by atoms with van der Waals surface area (Å²) in [5.74, 6) is 2.44. The van der Waals surface area contributed by atoms with E-state index in [1.54, 1.807) is 0 Å². The maximum atomic E-state index is 6.85. The predicted molar refractivity (Wildman–Crippen MR) is 186 cm³/mol. The van der Waals surface area contributed by atoms with Gasteiger partial charge in [0.25, 0.3) is 0 Å². The Bertz CT molecular complexity index is 2360. The van der Waals surface area contributed by atoms with E-state index in [0.29, 0.717) is 0 Å². The molecule has 0 aliphatic heterocycles. The third kappa shape index (κ3) is 4.30. The smallest absolute Gasteiger partial charge is 0.153 e. The van der Waals surface area contributed by atoms with Crippen LogP contribution in [0.3, 0.4) is 0 Å². The first-order chi connectivity index (χ1) is 21.4. The largest absolute Gasteiger partial charge is 0.455 e. The molecule has 0 atom stereocenters. The fraction of sp³-hybridized carbons (Fsp3) is 0.103. The Balaban J connectivity index is 1.36. The van der Waals surface area contributed by atoms with Gasteiger partial charge in [0.15, 0.2) is 5.75 Å². The Labute approximate surface area is 264 Å². The standard InChI is InChI=1S/C39H30BrN3O/c1-39(2,3)25-19-20-41-37(21-25)43-34-16-10-7-13-29(34)31-18-17-28(24-35(31)43)44-36-23-26(40)22-32-30-14-8-9-15-33(30)42(38(32)36)27-11-5-4-6-12-27/h4-24H,1-3H3. The van der Waals surface area contributed by atoms with E-state index in [0.717, 1.165) is 60.3 Å². The van der Waals surface area contributed by atoms with Crippen molar-refractivity contribution in [1.29, 1.82) is 0 Å². The zero-order chi connectivity index (χ0) is 30.0. The van der Waals surface area contributed by atoms with Crippen LogP contribution in [0.2, 0.25) is 0 Å². The first-order valence-electron chi connectivity index (χ1n) is 14.8. The van der Waals surface area contributed by atoms with Crippen LogP contribution >= 0.6 is 15.9 Å². The maximum Gasteiger partial charge on any atom is 0.153 e. The highest BCUT2D eigenvalue weighted by atomic mass is 79.9. The molecule has 8 rings (SSSR count). The van der Waals surface area contributed by atoms with Gasteiger partial charge < -0.3 is 9.30 Å². The third-order valence-corrected chi connectivity index (χ3v) is 8.88. The molecule has 0 saturated carbocycles. The van der Waals surface area contributed by atoms with Gasteiger partial charge in [-0.2, -0.15) is 0 Å². The SMILES string of the molecule is CC(C)(C)c1ccnc(-n2c3ccccc3c3ccc(Oc4cc(Br)cc5c6ccccc6n(-c6ccccc6)c45)cc32)c1. The molecule has 0 radical (unpaired) electrons. The second kappa shape index (κ2) is 10.1. The van der Waals surface area contributed by atoms with Crippen LogP contribution in [0.1, 0.15) is 26.3 Å². The van der Waals surface area contributed by atoms with Crippen molar-refractivity contribution in [3.05, 3.63) is 138 Å². The second-order valence-corrected chi connectivity index (χ2v) is 13.2. The molecule has 0 saturated heterocycles. The fourth-order valence-electron chi connectivity index (χ4n) is 6.34. The summed E-state index contributed by atoms with van der Waals surface area (Å²) in [4.78, 5) is 4.84. The number of halogens is 1. The lowest BCUT2D eigenvalue weighted by Gasteiger charge is -2.20. The molecule has 8 aromatic rings. The van der Waals surface area contributed by atoms with Gasteiger partial charge in [-0.25, -0.2) is 4.98 Å². The molecule has 0 amide bonds. The number of nitrogens with zero attached hydrogens (tertiary/aromatic N) is 3. The van der Waals surface area contributed by atoms with Gasteiger partial charge in [-0.15, -0.1) is 0 Å². The monoisotopic (exact) mass is 635 g/mol. The summed E-state index contributed by atoms with van der Waals surface area (Å²) in [5.41, 5.74) is 6.67. The Morgan fingerprint density at radius 2 is 1.27 bits per heavy atom. The highest BCUT2D eigenvalue weighted by Crippen LogP contribution is 2.42. The van der Waals surface area contributed by atoms with Crippen molar-refractivity contribution < 1.29 is 4.74 Å². The summed E-state index contributed by atoms with van der Waals surface area (Å²) in [6, 6.07) is 42.5. The zero-order valence-electron chi connectivity index (χ0n) is 24.8. The summed E-state index contributed by atoms with van der Waals surface area (Å²) in [5, 5.41) is 4.66. The minimum absolute atomic E-state index is 0.00794. The highest BCUT2D eigenvalue weighted by molar-refractivity contribution is 9.10. The molecule has 0 aliphatic rings. The Hall–Kier alpha value is -4.87. The number of benzene rings is 5. The number of hydrogen-bond donors (Lipinski definition) is 0. The summed E-state index contributed by atoms with van der Waals surface area (Å²) in [6.07, 6.45) is 1.91. The average Bonchev–Trinajstić information content (AvgIpc) is 3.54. The van der Waals surface area contributed by atoms with Gasteiger partial charge in [-0.05, 0) is 71.6 Å². The van der Waals surface area contributed by atoms with E-state index in [9.17, 15) is 0 Å². The molecule has 0 fully saturated rings. The lowest BCUT2D eigenvalue weighted by atomic mass is 9.88. The molecule has 0 spiro atoms. The Morgan fingerprint density at radius 3 is 2.02 bits per heavy atom. The number of aromatic nitrogens is 3. The summed E-state index contributed by atoms with van der Waals surface area (Å²) in [7, 11) is 0. The second-order valence-electron chi connectivity index (χ2n) is 12.3. The predicted octanol–water partition coefficient (Wildman–Crippen LogP) is 11.1. The number of fused-ring (bicyclic) bond motifs is 6. The van der Waals surface area contributed by atoms with Crippen LogP contribution in [0, 0.1) is 0 Å². The summed E-state index contributed by atoms with van der Waals surface area (Å²) >= 11 is 3.77. The minimum atomic E-state index is 0.00794. The van der Waals surface area contributed by atoms with Crippen molar-refractivity contribution in [1.82, 2.24) is 14.1 Å². The molecule has 0 aliphatic carbocycles. The van der Waals surface area contributed by atoms with Crippen LogP contribution < -0.4 is 4.74 Å². The van der Waals surface area contributed by atoms with E-state index >= 15 is 0 Å². The van der Waals surface area contributed by atoms with Crippen molar-refractivity contribution in [3.8, 4) is 23.0 Å². The lowest BCUT2D eigenvalue weighted by molar-refractivity contribution is 0.487. The van der Waals surface area contributed by atoms with Gasteiger partial charge in [0.05, 0.1) is 22.1 Å². The van der Waals surface area contributed by atoms with Gasteiger partial charge in [0.1, 0.15) is 11.6 Å². The van der Waals surface area contributed by atoms with Gasteiger partial charge in [-0.1, -0.05) is 91.3 Å². The van der Waals surface area contributed by atoms with E-state index in [-0.39, 0.29) is 5.41 Å². The van der Waals surface area contributed by atoms with Crippen LogP contribution in [0.5, 0.6) is 11.5 Å². The van der Waals surface area contributed by atoms with Crippen molar-refractivity contribution in [2.45, 2.75) is 26.2 Å². The Kier molecular flexibility index (Phi) is 6.14. The van der Waals surface area contributed by atoms with Gasteiger partial charge in [0.2, 0.25) is 0 Å². The number of pyridine rings is 1. The van der Waals surface area contributed by atoms with Gasteiger partial charge in [0, 0.05) is 44.0 Å².